The van der Waals surface area contributed by atoms with Crippen LogP contribution in [-0.2, 0) is 5.75 Å². The van der Waals surface area contributed by atoms with E-state index in [1.54, 1.807) is 0 Å². The van der Waals surface area contributed by atoms with Crippen LogP contribution < -0.4 is 5.32 Å². The Morgan fingerprint density at radius 2 is 1.78 bits per heavy atom. The van der Waals surface area contributed by atoms with Crippen molar-refractivity contribution in [2.45, 2.75) is 29.8 Å². The van der Waals surface area contributed by atoms with Gasteiger partial charge in [-0.3, -0.25) is 0 Å². The molecular formula is C20H17N5OS. The summed E-state index contributed by atoms with van der Waals surface area (Å²) in [6.45, 7) is 0. The summed E-state index contributed by atoms with van der Waals surface area (Å²) in [6.07, 6.45) is 2.40. The first kappa shape index (κ1) is 16.3. The fourth-order valence-corrected chi connectivity index (χ4v) is 3.48. The Kier molecular flexibility index (Phi) is 4.21. The van der Waals surface area contributed by atoms with E-state index in [-0.39, 0.29) is 0 Å². The van der Waals surface area contributed by atoms with Crippen LogP contribution in [-0.4, -0.2) is 26.2 Å². The summed E-state index contributed by atoms with van der Waals surface area (Å²) in [6, 6.07) is 18.4. The SMILES string of the molecule is c1ccc(-c2noc(CSc3nc(NC4CC4)c4ccccc4n3)n2)cc1. The normalized spacial score (nSPS) is 13.8. The quantitative estimate of drug-likeness (QED) is 0.391. The Bertz CT molecular complexity index is 1080. The molecule has 134 valence electrons. The molecule has 1 aliphatic carbocycles. The molecule has 2 aromatic carbocycles. The fourth-order valence-electron chi connectivity index (χ4n) is 2.80. The van der Waals surface area contributed by atoms with Gasteiger partial charge >= 0.3 is 0 Å². The second-order valence-electron chi connectivity index (χ2n) is 6.46. The maximum absolute atomic E-state index is 5.38. The van der Waals surface area contributed by atoms with Crippen LogP contribution in [0.5, 0.6) is 0 Å². The van der Waals surface area contributed by atoms with Gasteiger partial charge in [-0.2, -0.15) is 4.98 Å². The van der Waals surface area contributed by atoms with Crippen molar-refractivity contribution >= 4 is 28.5 Å². The number of fused-ring (bicyclic) bond motifs is 1. The van der Waals surface area contributed by atoms with Gasteiger partial charge in [0.1, 0.15) is 5.82 Å². The first-order valence-corrected chi connectivity index (χ1v) is 9.88. The highest BCUT2D eigenvalue weighted by atomic mass is 32.2. The first-order chi connectivity index (χ1) is 13.3. The number of hydrogen-bond acceptors (Lipinski definition) is 7. The van der Waals surface area contributed by atoms with Crippen LogP contribution in [0.25, 0.3) is 22.3 Å². The molecular weight excluding hydrogens is 358 g/mol. The van der Waals surface area contributed by atoms with Crippen LogP contribution in [0.1, 0.15) is 18.7 Å². The van der Waals surface area contributed by atoms with Crippen molar-refractivity contribution in [3.05, 3.63) is 60.5 Å². The fraction of sp³-hybridized carbons (Fsp3) is 0.200. The number of nitrogens with zero attached hydrogens (tertiary/aromatic N) is 4. The molecule has 27 heavy (non-hydrogen) atoms. The van der Waals surface area contributed by atoms with Gasteiger partial charge in [0.15, 0.2) is 5.16 Å². The van der Waals surface area contributed by atoms with Crippen molar-refractivity contribution in [2.75, 3.05) is 5.32 Å². The summed E-state index contributed by atoms with van der Waals surface area (Å²) in [5.74, 6) is 2.59. The maximum Gasteiger partial charge on any atom is 0.237 e. The van der Waals surface area contributed by atoms with Gasteiger partial charge in [-0.25, -0.2) is 9.97 Å². The Morgan fingerprint density at radius 1 is 0.963 bits per heavy atom. The molecule has 0 bridgehead atoms. The predicted octanol–water partition coefficient (Wildman–Crippen LogP) is 4.55. The molecule has 7 heteroatoms. The van der Waals surface area contributed by atoms with E-state index in [1.807, 2.05) is 48.5 Å². The average molecular weight is 375 g/mol. The molecule has 1 saturated carbocycles. The van der Waals surface area contributed by atoms with Crippen molar-refractivity contribution in [3.8, 4) is 11.4 Å². The lowest BCUT2D eigenvalue weighted by atomic mass is 10.2. The van der Waals surface area contributed by atoms with E-state index >= 15 is 0 Å². The van der Waals surface area contributed by atoms with Crippen molar-refractivity contribution < 1.29 is 4.52 Å². The van der Waals surface area contributed by atoms with Crippen LogP contribution in [0.2, 0.25) is 0 Å². The molecule has 0 aliphatic heterocycles. The highest BCUT2D eigenvalue weighted by Gasteiger charge is 2.23. The predicted molar refractivity (Wildman–Crippen MR) is 105 cm³/mol. The smallest absolute Gasteiger partial charge is 0.237 e. The minimum Gasteiger partial charge on any atom is -0.367 e. The molecule has 2 heterocycles. The number of aromatic nitrogens is 4. The third kappa shape index (κ3) is 3.64. The second-order valence-corrected chi connectivity index (χ2v) is 7.40. The lowest BCUT2D eigenvalue weighted by molar-refractivity contribution is 0.391. The Hall–Kier alpha value is -2.93. The molecule has 1 N–H and O–H groups in total. The van der Waals surface area contributed by atoms with Crippen molar-refractivity contribution in [2.24, 2.45) is 0 Å². The first-order valence-electron chi connectivity index (χ1n) is 8.89. The zero-order valence-corrected chi connectivity index (χ0v) is 15.3. The Labute approximate surface area is 160 Å². The molecule has 5 rings (SSSR count). The van der Waals surface area contributed by atoms with Gasteiger partial charge in [0.2, 0.25) is 11.7 Å². The molecule has 0 amide bonds. The van der Waals surface area contributed by atoms with Gasteiger partial charge in [0.25, 0.3) is 0 Å². The average Bonchev–Trinajstić information content (AvgIpc) is 3.40. The summed E-state index contributed by atoms with van der Waals surface area (Å²) < 4.78 is 5.38. The molecule has 2 aromatic heterocycles. The van der Waals surface area contributed by atoms with Crippen molar-refractivity contribution in [1.82, 2.24) is 20.1 Å². The van der Waals surface area contributed by atoms with Gasteiger partial charge in [-0.05, 0) is 25.0 Å². The number of rotatable bonds is 6. The zero-order chi connectivity index (χ0) is 18.1. The number of benzene rings is 2. The van der Waals surface area contributed by atoms with Crippen LogP contribution in [0.3, 0.4) is 0 Å². The summed E-state index contributed by atoms with van der Waals surface area (Å²) in [7, 11) is 0. The minimum atomic E-state index is 0.529. The summed E-state index contributed by atoms with van der Waals surface area (Å²) in [5, 5.41) is 9.33. The molecule has 0 atom stereocenters. The maximum atomic E-state index is 5.38. The molecule has 0 spiro atoms. The summed E-state index contributed by atoms with van der Waals surface area (Å²) >= 11 is 1.50. The van der Waals surface area contributed by atoms with Gasteiger partial charge < -0.3 is 9.84 Å². The van der Waals surface area contributed by atoms with E-state index in [0.717, 1.165) is 22.3 Å². The number of thioether (sulfide) groups is 1. The number of hydrogen-bond donors (Lipinski definition) is 1. The Balaban J connectivity index is 1.36. The monoisotopic (exact) mass is 375 g/mol. The third-order valence-corrected chi connectivity index (χ3v) is 5.16. The molecule has 4 aromatic rings. The largest absolute Gasteiger partial charge is 0.367 e. The van der Waals surface area contributed by atoms with E-state index in [2.05, 4.69) is 26.5 Å². The molecule has 0 radical (unpaired) electrons. The van der Waals surface area contributed by atoms with E-state index in [0.29, 0.717) is 28.7 Å². The van der Waals surface area contributed by atoms with E-state index in [9.17, 15) is 0 Å². The number of para-hydroxylation sites is 1. The number of nitrogens with one attached hydrogen (secondary N) is 1. The van der Waals surface area contributed by atoms with Gasteiger partial charge in [0, 0.05) is 17.0 Å². The zero-order valence-electron chi connectivity index (χ0n) is 14.5. The lowest BCUT2D eigenvalue weighted by Gasteiger charge is -2.09. The molecule has 0 unspecified atom stereocenters. The van der Waals surface area contributed by atoms with Crippen LogP contribution in [0, 0.1) is 0 Å². The standard InChI is InChI=1S/C20H17N5OS/c1-2-6-13(7-3-1)18-23-17(26-25-18)12-27-20-22-16-9-5-4-8-15(16)19(24-20)21-14-10-11-14/h1-9,14H,10-12H2,(H,21,22,24). The van der Waals surface area contributed by atoms with Crippen LogP contribution in [0.4, 0.5) is 5.82 Å². The van der Waals surface area contributed by atoms with Gasteiger partial charge in [-0.1, -0.05) is 59.4 Å². The highest BCUT2D eigenvalue weighted by Crippen LogP contribution is 2.30. The minimum absolute atomic E-state index is 0.529. The lowest BCUT2D eigenvalue weighted by Crippen LogP contribution is -2.05. The third-order valence-electron chi connectivity index (χ3n) is 4.33. The Morgan fingerprint density at radius 3 is 2.63 bits per heavy atom. The van der Waals surface area contributed by atoms with E-state index in [4.69, 9.17) is 9.51 Å². The summed E-state index contributed by atoms with van der Waals surface area (Å²) in [4.78, 5) is 13.8. The van der Waals surface area contributed by atoms with Gasteiger partial charge in [0.05, 0.1) is 11.3 Å². The molecule has 0 saturated heterocycles. The van der Waals surface area contributed by atoms with Crippen molar-refractivity contribution in [3.63, 3.8) is 0 Å². The highest BCUT2D eigenvalue weighted by molar-refractivity contribution is 7.98. The topological polar surface area (TPSA) is 76.7 Å². The van der Waals surface area contributed by atoms with Crippen molar-refractivity contribution in [1.29, 1.82) is 0 Å². The van der Waals surface area contributed by atoms with Crippen LogP contribution >= 0.6 is 11.8 Å². The van der Waals surface area contributed by atoms with E-state index < -0.39 is 0 Å². The van der Waals surface area contributed by atoms with Gasteiger partial charge in [-0.15, -0.1) is 0 Å². The van der Waals surface area contributed by atoms with Crippen LogP contribution in [0.15, 0.2) is 64.3 Å². The number of anilines is 1. The summed E-state index contributed by atoms with van der Waals surface area (Å²) in [5.41, 5.74) is 1.88. The molecule has 6 nitrogen and oxygen atoms in total. The second kappa shape index (κ2) is 7.00. The van der Waals surface area contributed by atoms with E-state index in [1.165, 1.54) is 24.6 Å². The molecule has 1 fully saturated rings. The molecule has 1 aliphatic rings.